The highest BCUT2D eigenvalue weighted by Crippen LogP contribution is 2.24. The summed E-state index contributed by atoms with van der Waals surface area (Å²) in [6, 6.07) is 5.42. The van der Waals surface area contributed by atoms with E-state index in [4.69, 9.17) is 10.5 Å². The maximum absolute atomic E-state index is 12.0. The third-order valence-corrected chi connectivity index (χ3v) is 4.03. The summed E-state index contributed by atoms with van der Waals surface area (Å²) < 4.78 is 6.41. The highest BCUT2D eigenvalue weighted by Gasteiger charge is 2.17. The molecule has 0 aliphatic carbocycles. The Morgan fingerprint density at radius 2 is 2.47 bits per heavy atom. The molecular formula is C13H15N3O2S. The molecule has 1 fully saturated rings. The van der Waals surface area contributed by atoms with Crippen LogP contribution in [0, 0.1) is 0 Å². The Bertz CT molecular complexity index is 605. The standard InChI is InChI=1S/C13H15N3O2S/c14-13-16-10-4-3-8(6-11(10)19-13)12(17)15-7-9-2-1-5-18-9/h3-4,6,9H,1-2,5,7H2,(H2,14,16)(H,15,17). The third-order valence-electron chi connectivity index (χ3n) is 3.18. The molecule has 1 aliphatic heterocycles. The lowest BCUT2D eigenvalue weighted by Gasteiger charge is -2.10. The number of thiazole rings is 1. The molecule has 0 radical (unpaired) electrons. The number of benzene rings is 1. The molecule has 2 aromatic rings. The third kappa shape index (κ3) is 2.69. The summed E-state index contributed by atoms with van der Waals surface area (Å²) in [4.78, 5) is 16.2. The number of rotatable bonds is 3. The van der Waals surface area contributed by atoms with E-state index in [1.54, 1.807) is 6.07 Å². The molecular weight excluding hydrogens is 262 g/mol. The van der Waals surface area contributed by atoms with Crippen molar-refractivity contribution in [1.82, 2.24) is 10.3 Å². The number of nitrogens with one attached hydrogen (secondary N) is 1. The van der Waals surface area contributed by atoms with Crippen LogP contribution in [0.1, 0.15) is 23.2 Å². The van der Waals surface area contributed by atoms with Gasteiger partial charge in [-0.15, -0.1) is 0 Å². The predicted octanol–water partition coefficient (Wildman–Crippen LogP) is 1.79. The Balaban J connectivity index is 1.69. The average molecular weight is 277 g/mol. The molecule has 1 unspecified atom stereocenters. The molecule has 1 saturated heterocycles. The van der Waals surface area contributed by atoms with Gasteiger partial charge in [-0.25, -0.2) is 4.98 Å². The van der Waals surface area contributed by atoms with Gasteiger partial charge < -0.3 is 15.8 Å². The van der Waals surface area contributed by atoms with E-state index in [0.29, 0.717) is 17.2 Å². The molecule has 0 spiro atoms. The number of aromatic nitrogens is 1. The minimum atomic E-state index is -0.0793. The lowest BCUT2D eigenvalue weighted by molar-refractivity contribution is 0.0858. The van der Waals surface area contributed by atoms with Crippen LogP contribution in [-0.4, -0.2) is 30.1 Å². The summed E-state index contributed by atoms with van der Waals surface area (Å²) in [5.41, 5.74) is 7.11. The lowest BCUT2D eigenvalue weighted by Crippen LogP contribution is -2.31. The molecule has 1 amide bonds. The summed E-state index contributed by atoms with van der Waals surface area (Å²) in [5.74, 6) is -0.0793. The second-order valence-corrected chi connectivity index (χ2v) is 5.64. The zero-order chi connectivity index (χ0) is 13.2. The zero-order valence-electron chi connectivity index (χ0n) is 10.4. The molecule has 1 atom stereocenters. The van der Waals surface area contributed by atoms with Gasteiger partial charge in [0.25, 0.3) is 5.91 Å². The molecule has 1 aromatic heterocycles. The first-order chi connectivity index (χ1) is 9.22. The van der Waals surface area contributed by atoms with E-state index in [-0.39, 0.29) is 12.0 Å². The zero-order valence-corrected chi connectivity index (χ0v) is 11.2. The van der Waals surface area contributed by atoms with Crippen molar-refractivity contribution in [2.75, 3.05) is 18.9 Å². The van der Waals surface area contributed by atoms with Gasteiger partial charge in [0.1, 0.15) is 0 Å². The number of nitrogen functional groups attached to an aromatic ring is 1. The molecule has 3 N–H and O–H groups in total. The molecule has 100 valence electrons. The van der Waals surface area contributed by atoms with Crippen LogP contribution in [0.4, 0.5) is 5.13 Å². The van der Waals surface area contributed by atoms with E-state index in [9.17, 15) is 4.79 Å². The molecule has 1 aromatic carbocycles. The molecule has 0 bridgehead atoms. The number of hydrogen-bond acceptors (Lipinski definition) is 5. The molecule has 2 heterocycles. The van der Waals surface area contributed by atoms with Gasteiger partial charge in [-0.05, 0) is 31.0 Å². The lowest BCUT2D eigenvalue weighted by atomic mass is 10.2. The topological polar surface area (TPSA) is 77.2 Å². The summed E-state index contributed by atoms with van der Waals surface area (Å²) in [6.45, 7) is 1.37. The van der Waals surface area contributed by atoms with Gasteiger partial charge in [0, 0.05) is 18.7 Å². The Hall–Kier alpha value is -1.66. The summed E-state index contributed by atoms with van der Waals surface area (Å²) in [7, 11) is 0. The maximum atomic E-state index is 12.0. The van der Waals surface area contributed by atoms with Gasteiger partial charge in [0.2, 0.25) is 0 Å². The van der Waals surface area contributed by atoms with Gasteiger partial charge in [0.05, 0.1) is 16.3 Å². The van der Waals surface area contributed by atoms with E-state index in [2.05, 4.69) is 10.3 Å². The van der Waals surface area contributed by atoms with Crippen molar-refractivity contribution >= 4 is 32.6 Å². The normalized spacial score (nSPS) is 18.8. The number of carbonyl (C=O) groups excluding carboxylic acids is 1. The second-order valence-electron chi connectivity index (χ2n) is 4.58. The van der Waals surface area contributed by atoms with Crippen LogP contribution in [-0.2, 0) is 4.74 Å². The SMILES string of the molecule is Nc1nc2ccc(C(=O)NCC3CCCO3)cc2s1. The van der Waals surface area contributed by atoms with Crippen molar-refractivity contribution in [3.05, 3.63) is 23.8 Å². The molecule has 6 heteroatoms. The number of nitrogens with two attached hydrogens (primary N) is 1. The number of hydrogen-bond donors (Lipinski definition) is 2. The van der Waals surface area contributed by atoms with Gasteiger partial charge in [-0.1, -0.05) is 11.3 Å². The second kappa shape index (κ2) is 5.14. The fourth-order valence-electron chi connectivity index (χ4n) is 2.20. The first kappa shape index (κ1) is 12.4. The predicted molar refractivity (Wildman–Crippen MR) is 75.3 cm³/mol. The van der Waals surface area contributed by atoms with Crippen LogP contribution in [0.3, 0.4) is 0 Å². The van der Waals surface area contributed by atoms with Crippen molar-refractivity contribution in [2.45, 2.75) is 18.9 Å². The molecule has 1 aliphatic rings. The molecule has 0 saturated carbocycles. The highest BCUT2D eigenvalue weighted by molar-refractivity contribution is 7.22. The summed E-state index contributed by atoms with van der Waals surface area (Å²) >= 11 is 1.39. The van der Waals surface area contributed by atoms with Crippen LogP contribution < -0.4 is 11.1 Å². The maximum Gasteiger partial charge on any atom is 0.251 e. The van der Waals surface area contributed by atoms with Crippen LogP contribution in [0.25, 0.3) is 10.2 Å². The Labute approximate surface area is 114 Å². The molecule has 19 heavy (non-hydrogen) atoms. The number of anilines is 1. The first-order valence-electron chi connectivity index (χ1n) is 6.28. The number of amides is 1. The monoisotopic (exact) mass is 277 g/mol. The Morgan fingerprint density at radius 1 is 1.58 bits per heavy atom. The first-order valence-corrected chi connectivity index (χ1v) is 7.10. The van der Waals surface area contributed by atoms with Crippen LogP contribution in [0.15, 0.2) is 18.2 Å². The highest BCUT2D eigenvalue weighted by atomic mass is 32.1. The number of ether oxygens (including phenoxy) is 1. The van der Waals surface area contributed by atoms with Crippen LogP contribution >= 0.6 is 11.3 Å². The quantitative estimate of drug-likeness (QED) is 0.896. The number of carbonyl (C=O) groups is 1. The van der Waals surface area contributed by atoms with Gasteiger partial charge in [0.15, 0.2) is 5.13 Å². The fraction of sp³-hybridized carbons (Fsp3) is 0.385. The van der Waals surface area contributed by atoms with E-state index in [0.717, 1.165) is 29.7 Å². The van der Waals surface area contributed by atoms with Crippen molar-refractivity contribution in [3.63, 3.8) is 0 Å². The van der Waals surface area contributed by atoms with E-state index in [1.807, 2.05) is 12.1 Å². The van der Waals surface area contributed by atoms with E-state index in [1.165, 1.54) is 11.3 Å². The molecule has 3 rings (SSSR count). The fourth-order valence-corrected chi connectivity index (χ4v) is 2.97. The Kier molecular flexibility index (Phi) is 3.35. The summed E-state index contributed by atoms with van der Waals surface area (Å²) in [5, 5.41) is 3.42. The smallest absolute Gasteiger partial charge is 0.251 e. The largest absolute Gasteiger partial charge is 0.376 e. The van der Waals surface area contributed by atoms with Crippen molar-refractivity contribution in [3.8, 4) is 0 Å². The van der Waals surface area contributed by atoms with E-state index >= 15 is 0 Å². The van der Waals surface area contributed by atoms with Crippen molar-refractivity contribution < 1.29 is 9.53 Å². The number of fused-ring (bicyclic) bond motifs is 1. The number of nitrogens with zero attached hydrogens (tertiary/aromatic N) is 1. The van der Waals surface area contributed by atoms with Crippen molar-refractivity contribution in [2.24, 2.45) is 0 Å². The van der Waals surface area contributed by atoms with Gasteiger partial charge in [-0.3, -0.25) is 4.79 Å². The van der Waals surface area contributed by atoms with Crippen LogP contribution in [0.5, 0.6) is 0 Å². The minimum absolute atomic E-state index is 0.0793. The van der Waals surface area contributed by atoms with Crippen LogP contribution in [0.2, 0.25) is 0 Å². The molecule has 5 nitrogen and oxygen atoms in total. The summed E-state index contributed by atoms with van der Waals surface area (Å²) in [6.07, 6.45) is 2.25. The average Bonchev–Trinajstić information content (AvgIpc) is 3.02. The Morgan fingerprint density at radius 3 is 3.26 bits per heavy atom. The van der Waals surface area contributed by atoms with Crippen molar-refractivity contribution in [1.29, 1.82) is 0 Å². The minimum Gasteiger partial charge on any atom is -0.376 e. The van der Waals surface area contributed by atoms with Gasteiger partial charge >= 0.3 is 0 Å². The van der Waals surface area contributed by atoms with Gasteiger partial charge in [-0.2, -0.15) is 0 Å². The van der Waals surface area contributed by atoms with E-state index < -0.39 is 0 Å².